The summed E-state index contributed by atoms with van der Waals surface area (Å²) in [7, 11) is 2.04. The molecular formula is C17H20FN5O. The summed E-state index contributed by atoms with van der Waals surface area (Å²) in [5.74, 6) is 0.646. The summed E-state index contributed by atoms with van der Waals surface area (Å²) in [6.45, 7) is 4.85. The Hall–Kier alpha value is -2.54. The van der Waals surface area contributed by atoms with E-state index in [9.17, 15) is 9.18 Å². The van der Waals surface area contributed by atoms with E-state index in [2.05, 4.69) is 20.2 Å². The van der Waals surface area contributed by atoms with Crippen molar-refractivity contribution >= 4 is 17.4 Å². The zero-order valence-corrected chi connectivity index (χ0v) is 13.8. The summed E-state index contributed by atoms with van der Waals surface area (Å²) in [6.07, 6.45) is 0. The Morgan fingerprint density at radius 2 is 1.79 bits per heavy atom. The fourth-order valence-corrected chi connectivity index (χ4v) is 2.59. The minimum Gasteiger partial charge on any atom is -0.340 e. The van der Waals surface area contributed by atoms with Gasteiger partial charge in [-0.3, -0.25) is 4.79 Å². The normalized spacial score (nSPS) is 15.4. The van der Waals surface area contributed by atoms with E-state index < -0.39 is 0 Å². The van der Waals surface area contributed by atoms with Crippen molar-refractivity contribution in [2.24, 2.45) is 0 Å². The molecule has 1 fully saturated rings. The smallest absolute Gasteiger partial charge is 0.272 e. The Morgan fingerprint density at radius 3 is 2.46 bits per heavy atom. The van der Waals surface area contributed by atoms with Crippen LogP contribution in [0.25, 0.3) is 0 Å². The third-order valence-electron chi connectivity index (χ3n) is 3.96. The van der Waals surface area contributed by atoms with Crippen LogP contribution in [0.2, 0.25) is 0 Å². The standard InChI is InChI=1S/C17H20FN5O/c1-12-19-15(17(24)23-9-7-22(2)8-10-23)11-16(20-12)21-14-5-3-13(18)4-6-14/h3-6,11H,7-10H2,1-2H3,(H,19,20,21). The molecule has 1 aromatic heterocycles. The Kier molecular flexibility index (Phi) is 4.71. The molecule has 1 amide bonds. The van der Waals surface area contributed by atoms with Crippen molar-refractivity contribution in [3.8, 4) is 0 Å². The lowest BCUT2D eigenvalue weighted by atomic mass is 10.2. The number of piperazine rings is 1. The van der Waals surface area contributed by atoms with Crippen LogP contribution >= 0.6 is 0 Å². The second-order valence-electron chi connectivity index (χ2n) is 5.91. The van der Waals surface area contributed by atoms with Crippen molar-refractivity contribution in [3.63, 3.8) is 0 Å². The molecule has 1 aliphatic rings. The highest BCUT2D eigenvalue weighted by molar-refractivity contribution is 5.93. The maximum atomic E-state index is 13.0. The molecule has 7 heteroatoms. The number of nitrogens with one attached hydrogen (secondary N) is 1. The van der Waals surface area contributed by atoms with Crippen LogP contribution in [0.15, 0.2) is 30.3 Å². The van der Waals surface area contributed by atoms with E-state index >= 15 is 0 Å². The van der Waals surface area contributed by atoms with Crippen LogP contribution in [-0.4, -0.2) is 58.9 Å². The maximum Gasteiger partial charge on any atom is 0.272 e. The number of benzene rings is 1. The van der Waals surface area contributed by atoms with Gasteiger partial charge in [0.15, 0.2) is 0 Å². The van der Waals surface area contributed by atoms with Crippen molar-refractivity contribution in [3.05, 3.63) is 47.7 Å². The van der Waals surface area contributed by atoms with Crippen LogP contribution in [0.5, 0.6) is 0 Å². The first-order valence-electron chi connectivity index (χ1n) is 7.87. The Bertz CT molecular complexity index is 726. The molecule has 6 nitrogen and oxygen atoms in total. The number of nitrogens with zero attached hydrogens (tertiary/aromatic N) is 4. The summed E-state index contributed by atoms with van der Waals surface area (Å²) in [6, 6.07) is 7.61. The van der Waals surface area contributed by atoms with Gasteiger partial charge in [-0.1, -0.05) is 0 Å². The van der Waals surface area contributed by atoms with E-state index in [1.165, 1.54) is 12.1 Å². The van der Waals surface area contributed by atoms with Gasteiger partial charge < -0.3 is 15.1 Å². The number of rotatable bonds is 3. The van der Waals surface area contributed by atoms with Gasteiger partial charge in [0.05, 0.1) is 0 Å². The van der Waals surface area contributed by atoms with Crippen LogP contribution in [0, 0.1) is 12.7 Å². The van der Waals surface area contributed by atoms with Crippen LogP contribution in [0.4, 0.5) is 15.9 Å². The number of halogens is 1. The minimum absolute atomic E-state index is 0.0873. The van der Waals surface area contributed by atoms with Crippen LogP contribution in [0.1, 0.15) is 16.3 Å². The highest BCUT2D eigenvalue weighted by Crippen LogP contribution is 2.17. The monoisotopic (exact) mass is 329 g/mol. The number of amides is 1. The Morgan fingerprint density at radius 1 is 1.12 bits per heavy atom. The molecular weight excluding hydrogens is 309 g/mol. The van der Waals surface area contributed by atoms with Crippen LogP contribution in [-0.2, 0) is 0 Å². The average molecular weight is 329 g/mol. The van der Waals surface area contributed by atoms with Gasteiger partial charge in [-0.15, -0.1) is 0 Å². The molecule has 1 saturated heterocycles. The van der Waals surface area contributed by atoms with E-state index in [1.54, 1.807) is 25.1 Å². The van der Waals surface area contributed by atoms with Gasteiger partial charge in [0.2, 0.25) is 0 Å². The van der Waals surface area contributed by atoms with Gasteiger partial charge >= 0.3 is 0 Å². The molecule has 0 saturated carbocycles. The summed E-state index contributed by atoms with van der Waals surface area (Å²) in [5, 5.41) is 3.08. The van der Waals surface area contributed by atoms with Crippen LogP contribution < -0.4 is 5.32 Å². The number of hydrogen-bond acceptors (Lipinski definition) is 5. The molecule has 1 aromatic carbocycles. The number of likely N-dealkylation sites (N-methyl/N-ethyl adjacent to an activating group) is 1. The van der Waals surface area contributed by atoms with Gasteiger partial charge in [-0.25, -0.2) is 14.4 Å². The van der Waals surface area contributed by atoms with Crippen molar-refractivity contribution in [2.75, 3.05) is 38.5 Å². The van der Waals surface area contributed by atoms with E-state index in [-0.39, 0.29) is 11.7 Å². The molecule has 0 spiro atoms. The number of carbonyl (C=O) groups is 1. The molecule has 1 N–H and O–H groups in total. The van der Waals surface area contributed by atoms with Crippen LogP contribution in [0.3, 0.4) is 0 Å². The van der Waals surface area contributed by atoms with Gasteiger partial charge in [0.25, 0.3) is 5.91 Å². The highest BCUT2D eigenvalue weighted by Gasteiger charge is 2.22. The zero-order chi connectivity index (χ0) is 17.1. The predicted octanol–water partition coefficient (Wildman–Crippen LogP) is 2.06. The minimum atomic E-state index is -0.301. The SMILES string of the molecule is Cc1nc(Nc2ccc(F)cc2)cc(C(=O)N2CCN(C)CC2)n1. The van der Waals surface area contributed by atoms with Crippen molar-refractivity contribution in [1.82, 2.24) is 19.8 Å². The first-order valence-corrected chi connectivity index (χ1v) is 7.87. The molecule has 1 aliphatic heterocycles. The fraction of sp³-hybridized carbons (Fsp3) is 0.353. The third kappa shape index (κ3) is 3.86. The zero-order valence-electron chi connectivity index (χ0n) is 13.8. The molecule has 0 radical (unpaired) electrons. The van der Waals surface area contributed by atoms with Crippen molar-refractivity contribution < 1.29 is 9.18 Å². The van der Waals surface area contributed by atoms with E-state index in [4.69, 9.17) is 0 Å². The molecule has 0 aliphatic carbocycles. The first kappa shape index (κ1) is 16.3. The average Bonchev–Trinajstić information content (AvgIpc) is 2.56. The second kappa shape index (κ2) is 6.92. The lowest BCUT2D eigenvalue weighted by Crippen LogP contribution is -2.47. The molecule has 0 bridgehead atoms. The highest BCUT2D eigenvalue weighted by atomic mass is 19.1. The van der Waals surface area contributed by atoms with Crippen molar-refractivity contribution in [1.29, 1.82) is 0 Å². The van der Waals surface area contributed by atoms with Gasteiger partial charge in [0, 0.05) is 37.9 Å². The molecule has 126 valence electrons. The first-order chi connectivity index (χ1) is 11.5. The molecule has 2 aromatic rings. The van der Waals surface area contributed by atoms with E-state index in [0.717, 1.165) is 13.1 Å². The summed E-state index contributed by atoms with van der Waals surface area (Å²) >= 11 is 0. The number of aromatic nitrogens is 2. The number of carbonyl (C=O) groups excluding carboxylic acids is 1. The largest absolute Gasteiger partial charge is 0.340 e. The second-order valence-corrected chi connectivity index (χ2v) is 5.91. The summed E-state index contributed by atoms with van der Waals surface area (Å²) in [5.41, 5.74) is 1.07. The van der Waals surface area contributed by atoms with Gasteiger partial charge in [-0.05, 0) is 38.2 Å². The predicted molar refractivity (Wildman–Crippen MR) is 89.9 cm³/mol. The topological polar surface area (TPSA) is 61.4 Å². The Labute approximate surface area is 140 Å². The molecule has 3 rings (SSSR count). The molecule has 0 atom stereocenters. The maximum absolute atomic E-state index is 13.0. The summed E-state index contributed by atoms with van der Waals surface area (Å²) in [4.78, 5) is 25.2. The lowest BCUT2D eigenvalue weighted by molar-refractivity contribution is 0.0658. The number of hydrogen-bond donors (Lipinski definition) is 1. The molecule has 24 heavy (non-hydrogen) atoms. The molecule has 2 heterocycles. The fourth-order valence-electron chi connectivity index (χ4n) is 2.59. The number of anilines is 2. The van der Waals surface area contributed by atoms with Crippen molar-refractivity contribution in [2.45, 2.75) is 6.92 Å². The van der Waals surface area contributed by atoms with Gasteiger partial charge in [-0.2, -0.15) is 0 Å². The quantitative estimate of drug-likeness (QED) is 0.934. The van der Waals surface area contributed by atoms with Gasteiger partial charge in [0.1, 0.15) is 23.2 Å². The molecule has 0 unspecified atom stereocenters. The Balaban J connectivity index is 1.78. The lowest BCUT2D eigenvalue weighted by Gasteiger charge is -2.32. The third-order valence-corrected chi connectivity index (χ3v) is 3.96. The number of aryl methyl sites for hydroxylation is 1. The summed E-state index contributed by atoms with van der Waals surface area (Å²) < 4.78 is 13.0. The van der Waals surface area contributed by atoms with E-state index in [0.29, 0.717) is 36.1 Å². The van der Waals surface area contributed by atoms with E-state index in [1.807, 2.05) is 11.9 Å².